The average molecular weight is 304 g/mol. The van der Waals surface area contributed by atoms with Crippen LogP contribution >= 0.6 is 11.5 Å². The fourth-order valence-electron chi connectivity index (χ4n) is 1.30. The molecular weight excluding hydrogens is 297 g/mol. The Kier molecular flexibility index (Phi) is 3.62. The second-order valence-corrected chi connectivity index (χ2v) is 4.48. The van der Waals surface area contributed by atoms with Crippen LogP contribution in [0, 0.1) is 6.92 Å². The third kappa shape index (κ3) is 3.05. The Hall–Kier alpha value is -2.16. The zero-order valence-corrected chi connectivity index (χ0v) is 10.7. The van der Waals surface area contributed by atoms with Gasteiger partial charge in [0.15, 0.2) is 0 Å². The Morgan fingerprint density at radius 1 is 1.40 bits per heavy atom. The normalized spacial score (nSPS) is 11.4. The summed E-state index contributed by atoms with van der Waals surface area (Å²) in [7, 11) is 0. The summed E-state index contributed by atoms with van der Waals surface area (Å²) in [5.74, 6) is -2.33. The number of alkyl halides is 3. The van der Waals surface area contributed by atoms with Gasteiger partial charge in [-0.05, 0) is 24.6 Å². The van der Waals surface area contributed by atoms with Crippen molar-refractivity contribution < 1.29 is 27.8 Å². The molecular formula is C11H7F3N2O3S. The van der Waals surface area contributed by atoms with Crippen LogP contribution in [0.2, 0.25) is 0 Å². The van der Waals surface area contributed by atoms with E-state index in [1.54, 1.807) is 6.92 Å². The van der Waals surface area contributed by atoms with Crippen molar-refractivity contribution in [1.29, 1.82) is 0 Å². The van der Waals surface area contributed by atoms with E-state index in [9.17, 15) is 18.0 Å². The van der Waals surface area contributed by atoms with Gasteiger partial charge in [-0.25, -0.2) is 4.79 Å². The fraction of sp³-hybridized carbons (Fsp3) is 0.182. The molecule has 0 atom stereocenters. The number of aryl methyl sites for hydroxylation is 1. The number of hydrogen-bond donors (Lipinski definition) is 1. The molecule has 106 valence electrons. The summed E-state index contributed by atoms with van der Waals surface area (Å²) in [4.78, 5) is 14.0. The first kappa shape index (κ1) is 14.3. The third-order valence-corrected chi connectivity index (χ3v) is 2.89. The van der Waals surface area contributed by atoms with Gasteiger partial charge in [0.1, 0.15) is 5.75 Å². The highest BCUT2D eigenvalue weighted by Crippen LogP contribution is 2.32. The topological polar surface area (TPSA) is 72.3 Å². The molecule has 5 nitrogen and oxygen atoms in total. The van der Waals surface area contributed by atoms with E-state index < -0.39 is 18.0 Å². The van der Waals surface area contributed by atoms with Crippen LogP contribution in [0.15, 0.2) is 18.2 Å². The van der Waals surface area contributed by atoms with Gasteiger partial charge < -0.3 is 9.84 Å². The van der Waals surface area contributed by atoms with Crippen molar-refractivity contribution in [2.24, 2.45) is 0 Å². The van der Waals surface area contributed by atoms with Crippen LogP contribution in [0.25, 0.3) is 0 Å². The van der Waals surface area contributed by atoms with Gasteiger partial charge >= 0.3 is 12.1 Å². The van der Waals surface area contributed by atoms with Crippen LogP contribution < -0.4 is 4.74 Å². The van der Waals surface area contributed by atoms with Gasteiger partial charge in [-0.1, -0.05) is 6.07 Å². The lowest BCUT2D eigenvalue weighted by molar-refractivity contribution is -0.144. The van der Waals surface area contributed by atoms with E-state index in [1.165, 1.54) is 18.2 Å². The zero-order chi connectivity index (χ0) is 14.9. The van der Waals surface area contributed by atoms with E-state index in [4.69, 9.17) is 9.84 Å². The molecule has 0 radical (unpaired) electrons. The molecule has 2 aromatic rings. The summed E-state index contributed by atoms with van der Waals surface area (Å²) in [5, 5.41) is 8.54. The van der Waals surface area contributed by atoms with Crippen LogP contribution in [0.4, 0.5) is 13.2 Å². The van der Waals surface area contributed by atoms with E-state index >= 15 is 0 Å². The lowest BCUT2D eigenvalue weighted by Gasteiger charge is -2.06. The molecule has 0 unspecified atom stereocenters. The molecule has 0 aliphatic carbocycles. The smallest absolute Gasteiger partial charge is 0.452 e. The van der Waals surface area contributed by atoms with Gasteiger partial charge in [0, 0.05) is 11.5 Å². The summed E-state index contributed by atoms with van der Waals surface area (Å²) in [6.45, 7) is 1.63. The molecule has 1 heterocycles. The van der Waals surface area contributed by atoms with Crippen molar-refractivity contribution in [3.8, 4) is 10.9 Å². The van der Waals surface area contributed by atoms with Crippen molar-refractivity contribution >= 4 is 17.5 Å². The number of carboxylic acid groups (broad SMARTS) is 1. The Balaban J connectivity index is 2.28. The van der Waals surface area contributed by atoms with Gasteiger partial charge in [-0.15, -0.1) is 0 Å². The van der Waals surface area contributed by atoms with Gasteiger partial charge in [-0.3, -0.25) is 0 Å². The van der Waals surface area contributed by atoms with Crippen LogP contribution in [0.1, 0.15) is 21.7 Å². The number of aromatic nitrogens is 2. The van der Waals surface area contributed by atoms with E-state index in [1.807, 2.05) is 0 Å². The number of rotatable bonds is 3. The molecule has 1 aromatic carbocycles. The largest absolute Gasteiger partial charge is 0.478 e. The molecule has 0 spiro atoms. The van der Waals surface area contributed by atoms with Crippen LogP contribution in [0.3, 0.4) is 0 Å². The summed E-state index contributed by atoms with van der Waals surface area (Å²) >= 11 is 0.443. The molecule has 1 aromatic heterocycles. The van der Waals surface area contributed by atoms with E-state index in [0.29, 0.717) is 17.1 Å². The maximum atomic E-state index is 12.3. The van der Waals surface area contributed by atoms with Crippen molar-refractivity contribution in [3.05, 3.63) is 35.2 Å². The Bertz CT molecular complexity index is 655. The maximum absolute atomic E-state index is 12.3. The SMILES string of the molecule is Cc1ccc(C(=O)O)cc1Oc1nc(C(F)(F)F)ns1. The van der Waals surface area contributed by atoms with E-state index in [0.717, 1.165) is 0 Å². The predicted octanol–water partition coefficient (Wildman–Crippen LogP) is 3.36. The summed E-state index contributed by atoms with van der Waals surface area (Å²) in [6, 6.07) is 4.07. The number of carbonyl (C=O) groups is 1. The molecule has 0 saturated carbocycles. The summed E-state index contributed by atoms with van der Waals surface area (Å²) in [5.41, 5.74) is 0.532. The minimum absolute atomic E-state index is 0.0360. The first-order valence-corrected chi connectivity index (χ1v) is 5.97. The number of aromatic carboxylic acids is 1. The lowest BCUT2D eigenvalue weighted by Crippen LogP contribution is -2.07. The van der Waals surface area contributed by atoms with Crippen LogP contribution in [-0.2, 0) is 6.18 Å². The Morgan fingerprint density at radius 3 is 2.65 bits per heavy atom. The molecule has 2 rings (SSSR count). The summed E-state index contributed by atoms with van der Waals surface area (Å²) in [6.07, 6.45) is -4.64. The molecule has 0 bridgehead atoms. The number of benzene rings is 1. The number of carboxylic acids is 1. The average Bonchev–Trinajstić information content (AvgIpc) is 2.80. The summed E-state index contributed by atoms with van der Waals surface area (Å²) < 4.78 is 45.3. The lowest BCUT2D eigenvalue weighted by atomic mass is 10.1. The molecule has 0 amide bonds. The van der Waals surface area contributed by atoms with Crippen LogP contribution in [-0.4, -0.2) is 20.4 Å². The molecule has 0 fully saturated rings. The first-order valence-electron chi connectivity index (χ1n) is 5.20. The third-order valence-electron chi connectivity index (χ3n) is 2.29. The molecule has 20 heavy (non-hydrogen) atoms. The standard InChI is InChI=1S/C11H7F3N2O3S/c1-5-2-3-6(8(17)18)4-7(5)19-10-15-9(16-20-10)11(12,13)14/h2-4H,1H3,(H,17,18). The van der Waals surface area contributed by atoms with Crippen molar-refractivity contribution in [1.82, 2.24) is 9.36 Å². The molecule has 9 heteroatoms. The van der Waals surface area contributed by atoms with Gasteiger partial charge in [0.25, 0.3) is 11.0 Å². The number of halogens is 3. The van der Waals surface area contributed by atoms with Gasteiger partial charge in [0.2, 0.25) is 0 Å². The quantitative estimate of drug-likeness (QED) is 0.941. The Labute approximate surface area is 114 Å². The van der Waals surface area contributed by atoms with Crippen molar-refractivity contribution in [3.63, 3.8) is 0 Å². The minimum Gasteiger partial charge on any atom is -0.478 e. The zero-order valence-electron chi connectivity index (χ0n) is 9.93. The molecule has 1 N–H and O–H groups in total. The maximum Gasteiger partial charge on any atom is 0.452 e. The second kappa shape index (κ2) is 5.08. The van der Waals surface area contributed by atoms with Gasteiger partial charge in [-0.2, -0.15) is 22.5 Å². The monoisotopic (exact) mass is 304 g/mol. The highest BCUT2D eigenvalue weighted by molar-refractivity contribution is 7.07. The second-order valence-electron chi connectivity index (χ2n) is 3.77. The minimum atomic E-state index is -4.64. The highest BCUT2D eigenvalue weighted by Gasteiger charge is 2.36. The van der Waals surface area contributed by atoms with E-state index in [2.05, 4.69) is 9.36 Å². The molecule has 0 aliphatic heterocycles. The van der Waals surface area contributed by atoms with Crippen molar-refractivity contribution in [2.45, 2.75) is 13.1 Å². The number of ether oxygens (including phenoxy) is 1. The highest BCUT2D eigenvalue weighted by atomic mass is 32.1. The molecule has 0 saturated heterocycles. The fourth-order valence-corrected chi connectivity index (χ4v) is 1.87. The predicted molar refractivity (Wildman–Crippen MR) is 63.1 cm³/mol. The van der Waals surface area contributed by atoms with Crippen molar-refractivity contribution in [2.75, 3.05) is 0 Å². The molecule has 0 aliphatic rings. The van der Waals surface area contributed by atoms with Crippen LogP contribution in [0.5, 0.6) is 10.9 Å². The number of hydrogen-bond acceptors (Lipinski definition) is 5. The van der Waals surface area contributed by atoms with E-state index in [-0.39, 0.29) is 16.5 Å². The van der Waals surface area contributed by atoms with Gasteiger partial charge in [0.05, 0.1) is 5.56 Å². The number of nitrogens with zero attached hydrogens (tertiary/aromatic N) is 2. The first-order chi connectivity index (χ1) is 9.27. The Morgan fingerprint density at radius 2 is 2.10 bits per heavy atom.